The van der Waals surface area contributed by atoms with Crippen molar-refractivity contribution in [2.24, 2.45) is 5.41 Å². The number of benzene rings is 1. The number of fused-ring (bicyclic) bond motifs is 1. The van der Waals surface area contributed by atoms with Gasteiger partial charge in [0.05, 0.1) is 5.70 Å². The number of allylic oxidation sites excluding steroid dienone is 3. The molecular weight excluding hydrogens is 242 g/mol. The van der Waals surface area contributed by atoms with Crippen molar-refractivity contribution < 1.29 is 0 Å². The maximum absolute atomic E-state index is 5.85. The van der Waals surface area contributed by atoms with E-state index in [1.165, 1.54) is 11.1 Å². The van der Waals surface area contributed by atoms with Crippen LogP contribution in [0.3, 0.4) is 0 Å². The van der Waals surface area contributed by atoms with Crippen LogP contribution < -0.4 is 4.84 Å². The molecule has 0 amide bonds. The molecule has 0 aromatic heterocycles. The molecule has 1 nitrogen and oxygen atoms in total. The Morgan fingerprint density at radius 1 is 1.06 bits per heavy atom. The van der Waals surface area contributed by atoms with Gasteiger partial charge < -0.3 is 0 Å². The molecule has 0 saturated carbocycles. The summed E-state index contributed by atoms with van der Waals surface area (Å²) in [6.45, 7) is 9.11. The molecule has 0 saturated heterocycles. The quantitative estimate of drug-likeness (QED) is 0.726. The Bertz CT molecular complexity index is 510. The van der Waals surface area contributed by atoms with E-state index in [0.29, 0.717) is 0 Å². The monoisotopic (exact) mass is 261 g/mol. The lowest BCUT2D eigenvalue weighted by Gasteiger charge is -2.42. The number of rotatable bonds is 1. The number of halogens is 1. The summed E-state index contributed by atoms with van der Waals surface area (Å²) >= 11 is 5.85. The highest BCUT2D eigenvalue weighted by molar-refractivity contribution is 6.17. The van der Waals surface area contributed by atoms with Gasteiger partial charge in [0, 0.05) is 17.3 Å². The van der Waals surface area contributed by atoms with Crippen molar-refractivity contribution >= 4 is 17.5 Å². The van der Waals surface area contributed by atoms with E-state index in [0.717, 1.165) is 5.70 Å². The predicted octanol–water partition coefficient (Wildman–Crippen LogP) is 4.64. The Balaban J connectivity index is 2.74. The SMILES string of the molecule is CC1(C)/C=C\C=C(/NCl)c2ccccc2C1(C)C. The number of nitrogens with one attached hydrogen (secondary N) is 1. The first-order chi connectivity index (χ1) is 8.40. The molecular formula is C16H20ClN. The van der Waals surface area contributed by atoms with Crippen LogP contribution in [0.25, 0.3) is 5.70 Å². The van der Waals surface area contributed by atoms with Crippen LogP contribution >= 0.6 is 11.8 Å². The van der Waals surface area contributed by atoms with Crippen molar-refractivity contribution in [3.05, 3.63) is 53.6 Å². The summed E-state index contributed by atoms with van der Waals surface area (Å²) in [5.74, 6) is 0. The Labute approximate surface area is 115 Å². The van der Waals surface area contributed by atoms with Crippen molar-refractivity contribution in [1.82, 2.24) is 4.84 Å². The Hall–Kier alpha value is -1.21. The molecule has 1 N–H and O–H groups in total. The second-order valence-electron chi connectivity index (χ2n) is 5.93. The molecule has 0 spiro atoms. The Morgan fingerprint density at radius 2 is 1.72 bits per heavy atom. The van der Waals surface area contributed by atoms with Crippen LogP contribution in [0.4, 0.5) is 0 Å². The molecule has 0 atom stereocenters. The summed E-state index contributed by atoms with van der Waals surface area (Å²) in [6.07, 6.45) is 6.36. The molecule has 0 radical (unpaired) electrons. The van der Waals surface area contributed by atoms with Gasteiger partial charge in [0.2, 0.25) is 0 Å². The fourth-order valence-electron chi connectivity index (χ4n) is 2.38. The van der Waals surface area contributed by atoms with Crippen molar-refractivity contribution in [3.8, 4) is 0 Å². The predicted molar refractivity (Wildman–Crippen MR) is 79.4 cm³/mol. The highest BCUT2D eigenvalue weighted by Crippen LogP contribution is 2.45. The first-order valence-electron chi connectivity index (χ1n) is 6.26. The molecule has 0 heterocycles. The van der Waals surface area contributed by atoms with Gasteiger partial charge in [0.25, 0.3) is 0 Å². The van der Waals surface area contributed by atoms with Crippen LogP contribution in [0.15, 0.2) is 42.5 Å². The van der Waals surface area contributed by atoms with E-state index in [9.17, 15) is 0 Å². The zero-order valence-electron chi connectivity index (χ0n) is 11.4. The third-order valence-corrected chi connectivity index (χ3v) is 4.58. The summed E-state index contributed by atoms with van der Waals surface area (Å²) in [6, 6.07) is 8.45. The van der Waals surface area contributed by atoms with Crippen LogP contribution in [0.1, 0.15) is 38.8 Å². The largest absolute Gasteiger partial charge is 0.298 e. The first kappa shape index (κ1) is 13.2. The van der Waals surface area contributed by atoms with Gasteiger partial charge in [-0.2, -0.15) is 0 Å². The molecule has 0 fully saturated rings. The van der Waals surface area contributed by atoms with Gasteiger partial charge in [0.1, 0.15) is 0 Å². The smallest absolute Gasteiger partial charge is 0.0566 e. The summed E-state index contributed by atoms with van der Waals surface area (Å²) in [5, 5.41) is 0. The van der Waals surface area contributed by atoms with Crippen molar-refractivity contribution in [2.45, 2.75) is 33.1 Å². The van der Waals surface area contributed by atoms with E-state index in [4.69, 9.17) is 11.8 Å². The maximum atomic E-state index is 5.85. The number of hydrogen-bond donors (Lipinski definition) is 1. The molecule has 1 aliphatic rings. The van der Waals surface area contributed by atoms with Gasteiger partial charge in [-0.1, -0.05) is 64.1 Å². The summed E-state index contributed by atoms with van der Waals surface area (Å²) in [5.41, 5.74) is 3.56. The van der Waals surface area contributed by atoms with Gasteiger partial charge in [-0.25, -0.2) is 0 Å². The average Bonchev–Trinajstić information content (AvgIpc) is 2.33. The van der Waals surface area contributed by atoms with Gasteiger partial charge in [0.15, 0.2) is 0 Å². The van der Waals surface area contributed by atoms with E-state index in [1.807, 2.05) is 6.08 Å². The minimum absolute atomic E-state index is 0.0351. The van der Waals surface area contributed by atoms with Crippen LogP contribution in [0.5, 0.6) is 0 Å². The van der Waals surface area contributed by atoms with Crippen molar-refractivity contribution in [2.75, 3.05) is 0 Å². The summed E-state index contributed by atoms with van der Waals surface area (Å²) < 4.78 is 0. The third-order valence-electron chi connectivity index (χ3n) is 4.38. The van der Waals surface area contributed by atoms with Gasteiger partial charge >= 0.3 is 0 Å². The Kier molecular flexibility index (Phi) is 3.29. The fraction of sp³-hybridized carbons (Fsp3) is 0.375. The second-order valence-corrected chi connectivity index (χ2v) is 6.12. The summed E-state index contributed by atoms with van der Waals surface area (Å²) in [4.78, 5) is 2.78. The lowest BCUT2D eigenvalue weighted by Crippen LogP contribution is -2.36. The molecule has 1 aromatic carbocycles. The first-order valence-corrected chi connectivity index (χ1v) is 6.64. The highest BCUT2D eigenvalue weighted by Gasteiger charge is 2.38. The van der Waals surface area contributed by atoms with Crippen molar-refractivity contribution in [3.63, 3.8) is 0 Å². The summed E-state index contributed by atoms with van der Waals surface area (Å²) in [7, 11) is 0. The van der Waals surface area contributed by atoms with Crippen LogP contribution in [-0.2, 0) is 5.41 Å². The maximum Gasteiger partial charge on any atom is 0.0566 e. The second kappa shape index (κ2) is 4.47. The minimum Gasteiger partial charge on any atom is -0.298 e. The average molecular weight is 262 g/mol. The lowest BCUT2D eigenvalue weighted by molar-refractivity contribution is 0.267. The van der Waals surface area contributed by atoms with E-state index in [1.54, 1.807) is 0 Å². The van der Waals surface area contributed by atoms with E-state index < -0.39 is 0 Å². The van der Waals surface area contributed by atoms with E-state index in [-0.39, 0.29) is 10.8 Å². The topological polar surface area (TPSA) is 12.0 Å². The van der Waals surface area contributed by atoms with Crippen molar-refractivity contribution in [1.29, 1.82) is 0 Å². The van der Waals surface area contributed by atoms with Crippen LogP contribution in [0, 0.1) is 5.41 Å². The van der Waals surface area contributed by atoms with Gasteiger partial charge in [-0.05, 0) is 22.5 Å². The van der Waals surface area contributed by atoms with Crippen LogP contribution in [0.2, 0.25) is 0 Å². The molecule has 2 heteroatoms. The van der Waals surface area contributed by atoms with E-state index >= 15 is 0 Å². The fourth-order valence-corrected chi connectivity index (χ4v) is 2.54. The highest BCUT2D eigenvalue weighted by atomic mass is 35.5. The third kappa shape index (κ3) is 1.97. The lowest BCUT2D eigenvalue weighted by atomic mass is 9.62. The molecule has 96 valence electrons. The molecule has 18 heavy (non-hydrogen) atoms. The molecule has 0 unspecified atom stereocenters. The molecule has 2 rings (SSSR count). The standard InChI is InChI=1S/C16H20ClN/c1-15(2)11-7-10-14(18-17)12-8-5-6-9-13(12)16(15,3)4/h5-11,18H,1-4H3/b11-7-,14-10-. The van der Waals surface area contributed by atoms with Gasteiger partial charge in [-0.3, -0.25) is 4.84 Å². The zero-order chi connectivity index (χ0) is 13.4. The molecule has 1 aromatic rings. The van der Waals surface area contributed by atoms with Gasteiger partial charge in [-0.15, -0.1) is 0 Å². The van der Waals surface area contributed by atoms with Crippen LogP contribution in [-0.4, -0.2) is 0 Å². The normalized spacial score (nSPS) is 25.1. The minimum atomic E-state index is 0.0351. The Morgan fingerprint density at radius 3 is 2.39 bits per heavy atom. The molecule has 1 aliphatic carbocycles. The molecule has 0 bridgehead atoms. The molecule has 0 aliphatic heterocycles. The van der Waals surface area contributed by atoms with E-state index in [2.05, 4.69) is 68.9 Å². The zero-order valence-corrected chi connectivity index (χ0v) is 12.2. The number of hydrogen-bond acceptors (Lipinski definition) is 1.